The van der Waals surface area contributed by atoms with Gasteiger partial charge in [0.1, 0.15) is 6.61 Å². The fourth-order valence-corrected chi connectivity index (χ4v) is 5.68. The van der Waals surface area contributed by atoms with Crippen molar-refractivity contribution in [3.8, 4) is 0 Å². The topological polar surface area (TPSA) is 50.4 Å². The summed E-state index contributed by atoms with van der Waals surface area (Å²) in [7, 11) is 0. The molecule has 0 heterocycles. The molecule has 5 rings (SSSR count). The number of amides is 1. The van der Waals surface area contributed by atoms with E-state index in [4.69, 9.17) is 16.3 Å². The molecule has 0 aromatic heterocycles. The van der Waals surface area contributed by atoms with Gasteiger partial charge in [-0.15, -0.1) is 11.6 Å². The maximum Gasteiger partial charge on any atom is 0.421 e. The van der Waals surface area contributed by atoms with Gasteiger partial charge < -0.3 is 4.74 Å². The van der Waals surface area contributed by atoms with Gasteiger partial charge >= 0.3 is 6.09 Å². The zero-order valence-corrected chi connectivity index (χ0v) is 13.9. The quantitative estimate of drug-likeness (QED) is 0.653. The van der Waals surface area contributed by atoms with Gasteiger partial charge in [-0.2, -0.15) is 0 Å². The number of benzene rings is 1. The van der Waals surface area contributed by atoms with E-state index >= 15 is 0 Å². The number of carbonyl (C=O) groups excluding carboxylic acids is 1. The van der Waals surface area contributed by atoms with Crippen LogP contribution in [0, 0.1) is 17.8 Å². The molecule has 0 radical (unpaired) electrons. The van der Waals surface area contributed by atoms with Gasteiger partial charge in [0.15, 0.2) is 0 Å². The van der Waals surface area contributed by atoms with Crippen molar-refractivity contribution in [1.29, 1.82) is 0 Å². The second-order valence-electron chi connectivity index (χ2n) is 7.48. The maximum atomic E-state index is 11.9. The minimum Gasteiger partial charge on any atom is -0.444 e. The fourth-order valence-electron chi connectivity index (χ4n) is 5.06. The maximum absolute atomic E-state index is 11.9. The summed E-state index contributed by atoms with van der Waals surface area (Å²) < 4.78 is 5.25. The van der Waals surface area contributed by atoms with E-state index < -0.39 is 6.09 Å². The van der Waals surface area contributed by atoms with Gasteiger partial charge in [-0.1, -0.05) is 30.3 Å². The van der Waals surface area contributed by atoms with E-state index in [0.717, 1.165) is 24.3 Å². The Labute approximate surface area is 141 Å². The average molecular weight is 335 g/mol. The highest BCUT2D eigenvalue weighted by atomic mass is 35.5. The third kappa shape index (κ3) is 3.20. The lowest BCUT2D eigenvalue weighted by Crippen LogP contribution is -2.62. The molecule has 1 amide bonds. The highest BCUT2D eigenvalue weighted by Crippen LogP contribution is 2.58. The van der Waals surface area contributed by atoms with Crippen LogP contribution in [0.3, 0.4) is 0 Å². The van der Waals surface area contributed by atoms with Crippen LogP contribution in [0.25, 0.3) is 0 Å². The molecule has 4 saturated carbocycles. The van der Waals surface area contributed by atoms with Crippen molar-refractivity contribution >= 4 is 17.7 Å². The van der Waals surface area contributed by atoms with Crippen LogP contribution in [0.15, 0.2) is 30.3 Å². The van der Waals surface area contributed by atoms with Crippen LogP contribution in [-0.2, 0) is 11.3 Å². The first kappa shape index (κ1) is 15.3. The largest absolute Gasteiger partial charge is 0.444 e. The van der Waals surface area contributed by atoms with E-state index in [2.05, 4.69) is 10.9 Å². The Morgan fingerprint density at radius 2 is 1.87 bits per heavy atom. The van der Waals surface area contributed by atoms with Gasteiger partial charge in [0, 0.05) is 10.9 Å². The Kier molecular flexibility index (Phi) is 3.98. The fraction of sp³-hybridized carbons (Fsp3) is 0.611. The second kappa shape index (κ2) is 5.99. The van der Waals surface area contributed by atoms with Gasteiger partial charge in [-0.25, -0.2) is 10.2 Å². The lowest BCUT2D eigenvalue weighted by Gasteiger charge is -2.57. The minimum absolute atomic E-state index is 0.0303. The molecule has 0 saturated heterocycles. The molecule has 0 spiro atoms. The Bertz CT molecular complexity index is 564. The lowest BCUT2D eigenvalue weighted by atomic mass is 9.54. The zero-order valence-electron chi connectivity index (χ0n) is 13.1. The smallest absolute Gasteiger partial charge is 0.421 e. The lowest BCUT2D eigenvalue weighted by molar-refractivity contribution is -0.00616. The molecule has 5 atom stereocenters. The Morgan fingerprint density at radius 3 is 2.52 bits per heavy atom. The van der Waals surface area contributed by atoms with E-state index in [9.17, 15) is 4.79 Å². The van der Waals surface area contributed by atoms with Crippen molar-refractivity contribution in [3.63, 3.8) is 0 Å². The zero-order chi connectivity index (χ0) is 15.9. The van der Waals surface area contributed by atoms with Gasteiger partial charge in [-0.3, -0.25) is 5.43 Å². The molecule has 4 aliphatic rings. The van der Waals surface area contributed by atoms with E-state index in [1.165, 1.54) is 19.3 Å². The summed E-state index contributed by atoms with van der Waals surface area (Å²) in [6.07, 6.45) is 5.39. The Balaban J connectivity index is 1.27. The van der Waals surface area contributed by atoms with Crippen molar-refractivity contribution in [1.82, 2.24) is 10.9 Å². The number of hydrazine groups is 1. The van der Waals surface area contributed by atoms with Crippen LogP contribution in [0.1, 0.15) is 37.7 Å². The molecule has 1 aromatic carbocycles. The molecule has 23 heavy (non-hydrogen) atoms. The van der Waals surface area contributed by atoms with E-state index in [0.29, 0.717) is 24.5 Å². The van der Waals surface area contributed by atoms with Crippen LogP contribution in [0.4, 0.5) is 4.79 Å². The number of alkyl halides is 1. The molecule has 124 valence electrons. The van der Waals surface area contributed by atoms with Crippen molar-refractivity contribution in [2.45, 2.75) is 49.6 Å². The second-order valence-corrected chi connectivity index (χ2v) is 8.28. The number of hydrogen-bond acceptors (Lipinski definition) is 3. The average Bonchev–Trinajstić information content (AvgIpc) is 2.51. The predicted octanol–water partition coefficient (Wildman–Crippen LogP) is 3.60. The first-order valence-electron chi connectivity index (χ1n) is 8.52. The number of ether oxygens (including phenoxy) is 1. The van der Waals surface area contributed by atoms with E-state index in [1.807, 2.05) is 30.3 Å². The molecule has 4 fully saturated rings. The summed E-state index contributed by atoms with van der Waals surface area (Å²) in [5.41, 5.74) is 6.96. The molecule has 4 bridgehead atoms. The van der Waals surface area contributed by atoms with Crippen LogP contribution in [0.5, 0.6) is 0 Å². The first-order chi connectivity index (χ1) is 11.1. The molecule has 5 heteroatoms. The minimum atomic E-state index is -0.414. The third-order valence-corrected chi connectivity index (χ3v) is 6.21. The summed E-state index contributed by atoms with van der Waals surface area (Å²) in [4.78, 5) is 11.9. The molecule has 3 unspecified atom stereocenters. The number of hydrogen-bond donors (Lipinski definition) is 2. The van der Waals surface area contributed by atoms with E-state index in [-0.39, 0.29) is 4.87 Å². The highest BCUT2D eigenvalue weighted by Gasteiger charge is 2.54. The van der Waals surface area contributed by atoms with Crippen LogP contribution in [-0.4, -0.2) is 17.0 Å². The summed E-state index contributed by atoms with van der Waals surface area (Å²) in [5.74, 6) is 1.94. The SMILES string of the molecule is O=C(NNC1[C@@H]2CC3C[C@H]1CC(Cl)(C3)C2)OCc1ccccc1. The van der Waals surface area contributed by atoms with Crippen LogP contribution < -0.4 is 10.9 Å². The van der Waals surface area contributed by atoms with Crippen molar-refractivity contribution in [2.75, 3.05) is 0 Å². The summed E-state index contributed by atoms with van der Waals surface area (Å²) in [6, 6.07) is 10.0. The standard InChI is InChI=1S/C18H23ClN2O2/c19-18-8-13-6-14(9-18)16(15(7-13)10-18)20-21-17(22)23-11-12-4-2-1-3-5-12/h1-5,13-16,20H,6-11H2,(H,21,22)/t13?,14-,15+,16?,18?. The molecule has 2 N–H and O–H groups in total. The van der Waals surface area contributed by atoms with Crippen LogP contribution >= 0.6 is 11.6 Å². The van der Waals surface area contributed by atoms with Crippen molar-refractivity contribution < 1.29 is 9.53 Å². The summed E-state index contributed by atoms with van der Waals surface area (Å²) in [6.45, 7) is 0.290. The monoisotopic (exact) mass is 334 g/mol. The van der Waals surface area contributed by atoms with Gasteiger partial charge in [-0.05, 0) is 55.4 Å². The molecular weight excluding hydrogens is 312 g/mol. The Morgan fingerprint density at radius 1 is 1.17 bits per heavy atom. The summed E-state index contributed by atoms with van der Waals surface area (Å²) >= 11 is 6.74. The van der Waals surface area contributed by atoms with Crippen molar-refractivity contribution in [2.24, 2.45) is 17.8 Å². The molecule has 1 aromatic rings. The van der Waals surface area contributed by atoms with Crippen molar-refractivity contribution in [3.05, 3.63) is 35.9 Å². The molecular formula is C18H23ClN2O2. The Hall–Kier alpha value is -1.26. The molecule has 0 aliphatic heterocycles. The highest BCUT2D eigenvalue weighted by molar-refractivity contribution is 6.24. The van der Waals surface area contributed by atoms with Gasteiger partial charge in [0.05, 0.1) is 0 Å². The number of carbonyl (C=O) groups is 1. The van der Waals surface area contributed by atoms with Gasteiger partial charge in [0.25, 0.3) is 0 Å². The predicted molar refractivity (Wildman–Crippen MR) is 88.8 cm³/mol. The number of nitrogens with one attached hydrogen (secondary N) is 2. The number of rotatable bonds is 4. The molecule has 4 nitrogen and oxygen atoms in total. The number of halogens is 1. The van der Waals surface area contributed by atoms with E-state index in [1.54, 1.807) is 0 Å². The summed E-state index contributed by atoms with van der Waals surface area (Å²) in [5, 5.41) is 0. The van der Waals surface area contributed by atoms with Crippen LogP contribution in [0.2, 0.25) is 0 Å². The molecule has 4 aliphatic carbocycles. The third-order valence-electron chi connectivity index (χ3n) is 5.75. The van der Waals surface area contributed by atoms with Gasteiger partial charge in [0.2, 0.25) is 0 Å². The normalized spacial score (nSPS) is 37.6. The first-order valence-corrected chi connectivity index (χ1v) is 8.90.